The number of ether oxygens (including phenoxy) is 1. The van der Waals surface area contributed by atoms with Gasteiger partial charge in [0.1, 0.15) is 0 Å². The van der Waals surface area contributed by atoms with Gasteiger partial charge in [-0.15, -0.1) is 0 Å². The normalized spacial score (nSPS) is 13.0. The molecule has 24 heavy (non-hydrogen) atoms. The van der Waals surface area contributed by atoms with E-state index in [2.05, 4.69) is 0 Å². The van der Waals surface area contributed by atoms with Gasteiger partial charge in [0.15, 0.2) is 17.3 Å². The van der Waals surface area contributed by atoms with Crippen LogP contribution in [-0.4, -0.2) is 23.1 Å². The summed E-state index contributed by atoms with van der Waals surface area (Å²) >= 11 is 0. The summed E-state index contributed by atoms with van der Waals surface area (Å²) in [5.41, 5.74) is 2.79. The number of ketones is 1. The van der Waals surface area contributed by atoms with Crippen LogP contribution in [0.15, 0.2) is 54.3 Å². The van der Waals surface area contributed by atoms with Crippen molar-refractivity contribution in [2.24, 2.45) is 0 Å². The van der Waals surface area contributed by atoms with Crippen LogP contribution in [-0.2, 0) is 0 Å². The zero-order chi connectivity index (χ0) is 16.8. The second kappa shape index (κ2) is 5.13. The Balaban J connectivity index is 2.21. The minimum Gasteiger partial charge on any atom is -0.504 e. The lowest BCUT2D eigenvalue weighted by Crippen LogP contribution is -2.09. The van der Waals surface area contributed by atoms with Crippen LogP contribution in [0.3, 0.4) is 0 Å². The fraction of sp³-hybridized carbons (Fsp3) is 0.0500. The number of rotatable bonds is 2. The van der Waals surface area contributed by atoms with E-state index in [1.807, 2.05) is 36.4 Å². The molecule has 0 bridgehead atoms. The highest BCUT2D eigenvalue weighted by molar-refractivity contribution is 6.24. The minimum absolute atomic E-state index is 0.0345. The number of aliphatic hydroxyl groups is 1. The maximum atomic E-state index is 12.3. The van der Waals surface area contributed by atoms with Gasteiger partial charge in [0.25, 0.3) is 0 Å². The second-order valence-electron chi connectivity index (χ2n) is 5.65. The maximum absolute atomic E-state index is 12.3. The molecule has 2 N–H and O–H groups in total. The molecule has 0 amide bonds. The Hall–Kier alpha value is -3.27. The number of carbonyl (C=O) groups is 1. The molecule has 0 heterocycles. The monoisotopic (exact) mass is 318 g/mol. The number of Topliss-reactive ketones (excluding diaryl/α,β-unsaturated/α-hetero) is 1. The van der Waals surface area contributed by atoms with E-state index in [1.165, 1.54) is 19.3 Å². The van der Waals surface area contributed by atoms with Gasteiger partial charge in [-0.25, -0.2) is 0 Å². The second-order valence-corrected chi connectivity index (χ2v) is 5.65. The Morgan fingerprint density at radius 3 is 2.33 bits per heavy atom. The Morgan fingerprint density at radius 2 is 1.62 bits per heavy atom. The zero-order valence-electron chi connectivity index (χ0n) is 12.9. The van der Waals surface area contributed by atoms with Gasteiger partial charge in [-0.05, 0) is 34.9 Å². The summed E-state index contributed by atoms with van der Waals surface area (Å²) in [4.78, 5) is 12.3. The van der Waals surface area contributed by atoms with Gasteiger partial charge < -0.3 is 14.9 Å². The molecule has 0 saturated carbocycles. The van der Waals surface area contributed by atoms with E-state index >= 15 is 0 Å². The predicted octanol–water partition coefficient (Wildman–Crippen LogP) is 4.32. The number of benzene rings is 3. The van der Waals surface area contributed by atoms with Gasteiger partial charge in [0.05, 0.1) is 7.11 Å². The van der Waals surface area contributed by atoms with Crippen LogP contribution >= 0.6 is 0 Å². The van der Waals surface area contributed by atoms with Gasteiger partial charge in [-0.1, -0.05) is 36.4 Å². The summed E-state index contributed by atoms with van der Waals surface area (Å²) in [5, 5.41) is 21.6. The molecule has 3 aromatic rings. The first-order chi connectivity index (χ1) is 11.6. The summed E-state index contributed by atoms with van der Waals surface area (Å²) in [6, 6.07) is 14.7. The summed E-state index contributed by atoms with van der Waals surface area (Å²) in [6.45, 7) is 0. The number of carbonyl (C=O) groups excluding carboxylic acids is 1. The van der Waals surface area contributed by atoms with Crippen molar-refractivity contribution in [3.63, 3.8) is 0 Å². The van der Waals surface area contributed by atoms with Crippen molar-refractivity contribution < 1.29 is 19.7 Å². The molecule has 0 atom stereocenters. The molecule has 0 aliphatic heterocycles. The molecule has 0 unspecified atom stereocenters. The van der Waals surface area contributed by atoms with E-state index in [0.717, 1.165) is 11.1 Å². The topological polar surface area (TPSA) is 66.8 Å². The Labute approximate surface area is 138 Å². The number of phenolic OH excluding ortho intramolecular Hbond substituents is 1. The fourth-order valence-corrected chi connectivity index (χ4v) is 3.27. The van der Waals surface area contributed by atoms with E-state index in [4.69, 9.17) is 4.74 Å². The van der Waals surface area contributed by atoms with Crippen molar-refractivity contribution in [2.45, 2.75) is 0 Å². The van der Waals surface area contributed by atoms with E-state index in [-0.39, 0.29) is 11.5 Å². The van der Waals surface area contributed by atoms with Gasteiger partial charge in [-0.3, -0.25) is 4.79 Å². The van der Waals surface area contributed by atoms with Crippen LogP contribution in [0.5, 0.6) is 11.5 Å². The van der Waals surface area contributed by atoms with E-state index in [0.29, 0.717) is 27.6 Å². The quantitative estimate of drug-likeness (QED) is 0.738. The van der Waals surface area contributed by atoms with E-state index < -0.39 is 5.78 Å². The third kappa shape index (κ3) is 1.90. The number of aromatic hydroxyl groups is 1. The molecular formula is C20H14O4. The molecule has 1 aliphatic carbocycles. The van der Waals surface area contributed by atoms with Crippen LogP contribution in [0.1, 0.15) is 15.9 Å². The van der Waals surface area contributed by atoms with Crippen molar-refractivity contribution in [3.05, 3.63) is 65.4 Å². The van der Waals surface area contributed by atoms with Crippen LogP contribution in [0.4, 0.5) is 0 Å². The largest absolute Gasteiger partial charge is 0.504 e. The lowest BCUT2D eigenvalue weighted by molar-refractivity contribution is 0.0981. The third-order valence-corrected chi connectivity index (χ3v) is 4.30. The fourth-order valence-electron chi connectivity index (χ4n) is 3.27. The van der Waals surface area contributed by atoms with Crippen LogP contribution < -0.4 is 4.74 Å². The first-order valence-corrected chi connectivity index (χ1v) is 7.49. The summed E-state index contributed by atoms with van der Waals surface area (Å²) in [6.07, 6.45) is 1.38. The van der Waals surface area contributed by atoms with Crippen LogP contribution in [0.2, 0.25) is 0 Å². The van der Waals surface area contributed by atoms with E-state index in [1.54, 1.807) is 6.07 Å². The molecule has 3 aromatic carbocycles. The standard InChI is InChI=1S/C20H14O4/c1-24-20-16(22)10-12-9-15(21)19(23)14-8-7-13(18(20)17(12)14)11-5-3-2-4-6-11/h2-10,21-22H,1H3. The number of hydrogen-bond donors (Lipinski definition) is 2. The first kappa shape index (κ1) is 14.3. The molecule has 4 heteroatoms. The SMILES string of the molecule is COc1c(O)cc2c3c(ccc(-c4ccccc4)c13)C(=O)C(O)=C2. The van der Waals surface area contributed by atoms with Gasteiger partial charge in [0, 0.05) is 16.3 Å². The van der Waals surface area contributed by atoms with Crippen molar-refractivity contribution >= 4 is 22.6 Å². The smallest absolute Gasteiger partial charge is 0.227 e. The van der Waals surface area contributed by atoms with Crippen LogP contribution in [0, 0.1) is 0 Å². The Morgan fingerprint density at radius 1 is 0.917 bits per heavy atom. The maximum Gasteiger partial charge on any atom is 0.227 e. The highest BCUT2D eigenvalue weighted by Crippen LogP contribution is 2.46. The molecular weight excluding hydrogens is 304 g/mol. The van der Waals surface area contributed by atoms with Gasteiger partial charge >= 0.3 is 0 Å². The molecule has 4 nitrogen and oxygen atoms in total. The minimum atomic E-state index is -0.431. The lowest BCUT2D eigenvalue weighted by atomic mass is 9.86. The molecule has 4 rings (SSSR count). The number of allylic oxidation sites excluding steroid dienone is 1. The highest BCUT2D eigenvalue weighted by Gasteiger charge is 2.26. The summed E-state index contributed by atoms with van der Waals surface area (Å²) in [5.74, 6) is -0.481. The predicted molar refractivity (Wildman–Crippen MR) is 92.5 cm³/mol. The number of methoxy groups -OCH3 is 1. The zero-order valence-corrected chi connectivity index (χ0v) is 12.9. The Bertz CT molecular complexity index is 1020. The van der Waals surface area contributed by atoms with Gasteiger partial charge in [0.2, 0.25) is 5.78 Å². The molecule has 0 radical (unpaired) electrons. The summed E-state index contributed by atoms with van der Waals surface area (Å²) in [7, 11) is 1.48. The van der Waals surface area contributed by atoms with Crippen molar-refractivity contribution in [3.8, 4) is 22.6 Å². The highest BCUT2D eigenvalue weighted by atomic mass is 16.5. The van der Waals surface area contributed by atoms with Gasteiger partial charge in [-0.2, -0.15) is 0 Å². The number of aliphatic hydroxyl groups excluding tert-OH is 1. The summed E-state index contributed by atoms with van der Waals surface area (Å²) < 4.78 is 5.42. The molecule has 0 spiro atoms. The molecule has 118 valence electrons. The molecule has 0 aromatic heterocycles. The molecule has 0 saturated heterocycles. The van der Waals surface area contributed by atoms with Crippen molar-refractivity contribution in [1.82, 2.24) is 0 Å². The lowest BCUT2D eigenvalue weighted by Gasteiger charge is -2.20. The van der Waals surface area contributed by atoms with Crippen molar-refractivity contribution in [1.29, 1.82) is 0 Å². The van der Waals surface area contributed by atoms with Crippen molar-refractivity contribution in [2.75, 3.05) is 7.11 Å². The first-order valence-electron chi connectivity index (χ1n) is 7.49. The van der Waals surface area contributed by atoms with Crippen LogP contribution in [0.25, 0.3) is 28.0 Å². The average Bonchev–Trinajstić information content (AvgIpc) is 2.60. The number of phenols is 1. The molecule has 0 fully saturated rings. The average molecular weight is 318 g/mol. The third-order valence-electron chi connectivity index (χ3n) is 4.30. The molecule has 1 aliphatic rings. The van der Waals surface area contributed by atoms with E-state index in [9.17, 15) is 15.0 Å². The Kier molecular flexibility index (Phi) is 3.06. The number of hydrogen-bond acceptors (Lipinski definition) is 4.